The van der Waals surface area contributed by atoms with Crippen molar-refractivity contribution >= 4 is 17.7 Å². The Bertz CT molecular complexity index is 723. The molecule has 5 heteroatoms. The molecule has 1 aliphatic carbocycles. The second-order valence-corrected chi connectivity index (χ2v) is 5.62. The Morgan fingerprint density at radius 1 is 1.04 bits per heavy atom. The highest BCUT2D eigenvalue weighted by Gasteiger charge is 2.53. The molecular formula is C18H17NO4. The summed E-state index contributed by atoms with van der Waals surface area (Å²) in [6.45, 7) is 0.166. The molecule has 0 bridgehead atoms. The molecule has 0 aromatic heterocycles. The van der Waals surface area contributed by atoms with Crippen LogP contribution in [0, 0.1) is 0 Å². The molecule has 1 fully saturated rings. The van der Waals surface area contributed by atoms with Crippen molar-refractivity contribution in [3.63, 3.8) is 0 Å². The molecule has 0 radical (unpaired) electrons. The fourth-order valence-corrected chi connectivity index (χ4v) is 2.60. The molecule has 1 amide bonds. The molecule has 0 aliphatic heterocycles. The Morgan fingerprint density at radius 3 is 2.35 bits per heavy atom. The number of hydrogen-bond acceptors (Lipinski definition) is 3. The lowest BCUT2D eigenvalue weighted by molar-refractivity contribution is -0.140. The largest absolute Gasteiger partial charge is 0.481 e. The normalized spacial score (nSPS) is 14.8. The number of nitrogens with one attached hydrogen (secondary N) is 1. The van der Waals surface area contributed by atoms with E-state index in [-0.39, 0.29) is 6.61 Å². The third kappa shape index (κ3) is 3.18. The van der Waals surface area contributed by atoms with E-state index in [9.17, 15) is 14.7 Å². The van der Waals surface area contributed by atoms with E-state index in [1.807, 2.05) is 30.3 Å². The van der Waals surface area contributed by atoms with E-state index in [0.717, 1.165) is 5.56 Å². The molecule has 0 heterocycles. The quantitative estimate of drug-likeness (QED) is 0.885. The Morgan fingerprint density at radius 2 is 1.70 bits per heavy atom. The summed E-state index contributed by atoms with van der Waals surface area (Å²) >= 11 is 0. The fourth-order valence-electron chi connectivity index (χ4n) is 2.60. The number of carboxylic acids is 1. The van der Waals surface area contributed by atoms with Crippen molar-refractivity contribution in [2.24, 2.45) is 0 Å². The van der Waals surface area contributed by atoms with E-state index in [0.29, 0.717) is 24.1 Å². The number of ether oxygens (including phenoxy) is 1. The molecule has 5 nitrogen and oxygen atoms in total. The molecule has 0 saturated heterocycles. The molecule has 0 spiro atoms. The van der Waals surface area contributed by atoms with Crippen molar-refractivity contribution in [2.45, 2.75) is 24.9 Å². The average Bonchev–Trinajstić information content (AvgIpc) is 3.36. The highest BCUT2D eigenvalue weighted by atomic mass is 16.5. The minimum absolute atomic E-state index is 0.166. The first-order valence-corrected chi connectivity index (χ1v) is 7.42. The summed E-state index contributed by atoms with van der Waals surface area (Å²) in [5.74, 6) is -0.857. The SMILES string of the molecule is O=C(Nc1ccccc1C1(C(=O)O)CC1)OCc1ccccc1. The molecule has 2 aromatic carbocycles. The van der Waals surface area contributed by atoms with Gasteiger partial charge in [0.2, 0.25) is 0 Å². The lowest BCUT2D eigenvalue weighted by Gasteiger charge is -2.16. The molecule has 1 aliphatic rings. The van der Waals surface area contributed by atoms with Crippen LogP contribution in [0.1, 0.15) is 24.0 Å². The van der Waals surface area contributed by atoms with E-state index < -0.39 is 17.5 Å². The van der Waals surface area contributed by atoms with E-state index in [1.165, 1.54) is 0 Å². The van der Waals surface area contributed by atoms with Gasteiger partial charge < -0.3 is 9.84 Å². The molecule has 0 unspecified atom stereocenters. The van der Waals surface area contributed by atoms with Gasteiger partial charge in [0.1, 0.15) is 6.61 Å². The number of carboxylic acid groups (broad SMARTS) is 1. The Kier molecular flexibility index (Phi) is 4.02. The van der Waals surface area contributed by atoms with Gasteiger partial charge in [0.15, 0.2) is 0 Å². The first-order chi connectivity index (χ1) is 11.1. The summed E-state index contributed by atoms with van der Waals surface area (Å²) in [5, 5.41) is 12.1. The van der Waals surface area contributed by atoms with Crippen LogP contribution in [-0.4, -0.2) is 17.2 Å². The lowest BCUT2D eigenvalue weighted by atomic mass is 9.94. The lowest BCUT2D eigenvalue weighted by Crippen LogP contribution is -2.23. The summed E-state index contributed by atoms with van der Waals surface area (Å²) in [4.78, 5) is 23.5. The topological polar surface area (TPSA) is 75.6 Å². The van der Waals surface area contributed by atoms with Crippen molar-refractivity contribution in [1.29, 1.82) is 0 Å². The first kappa shape index (κ1) is 15.1. The van der Waals surface area contributed by atoms with Gasteiger partial charge in [-0.3, -0.25) is 10.1 Å². The minimum atomic E-state index is -0.872. The van der Waals surface area contributed by atoms with Crippen molar-refractivity contribution in [2.75, 3.05) is 5.32 Å². The predicted octanol–water partition coefficient (Wildman–Crippen LogP) is 3.55. The Labute approximate surface area is 133 Å². The maximum Gasteiger partial charge on any atom is 0.411 e. The first-order valence-electron chi connectivity index (χ1n) is 7.42. The molecule has 1 saturated carbocycles. The summed E-state index contributed by atoms with van der Waals surface area (Å²) in [6.07, 6.45) is 0.572. The molecule has 118 valence electrons. The van der Waals surface area contributed by atoms with Crippen LogP contribution in [0.4, 0.5) is 10.5 Å². The summed E-state index contributed by atoms with van der Waals surface area (Å²) in [5.41, 5.74) is 1.14. The number of carbonyl (C=O) groups is 2. The molecule has 2 N–H and O–H groups in total. The maximum atomic E-state index is 12.0. The number of rotatable bonds is 5. The second-order valence-electron chi connectivity index (χ2n) is 5.62. The van der Waals surface area contributed by atoms with Crippen molar-refractivity contribution in [3.05, 3.63) is 65.7 Å². The predicted molar refractivity (Wildman–Crippen MR) is 85.2 cm³/mol. The standard InChI is InChI=1S/C18H17NO4/c20-16(21)18(10-11-18)14-8-4-5-9-15(14)19-17(22)23-12-13-6-2-1-3-7-13/h1-9H,10-12H2,(H,19,22)(H,20,21). The molecule has 2 aromatic rings. The van der Waals surface area contributed by atoms with Crippen LogP contribution in [0.2, 0.25) is 0 Å². The smallest absolute Gasteiger partial charge is 0.411 e. The Hall–Kier alpha value is -2.82. The number of carbonyl (C=O) groups excluding carboxylic acids is 1. The third-order valence-electron chi connectivity index (χ3n) is 4.05. The zero-order chi connectivity index (χ0) is 16.3. The number of aliphatic carboxylic acids is 1. The Balaban J connectivity index is 1.69. The van der Waals surface area contributed by atoms with Crippen molar-refractivity contribution < 1.29 is 19.4 Å². The van der Waals surface area contributed by atoms with Gasteiger partial charge in [0, 0.05) is 5.69 Å². The fraction of sp³-hybridized carbons (Fsp3) is 0.222. The summed E-state index contributed by atoms with van der Waals surface area (Å²) in [6, 6.07) is 16.3. The molecule has 3 rings (SSSR count). The van der Waals surface area contributed by atoms with Crippen LogP contribution < -0.4 is 5.32 Å². The van der Waals surface area contributed by atoms with Crippen LogP contribution in [-0.2, 0) is 21.6 Å². The van der Waals surface area contributed by atoms with Crippen LogP contribution in [0.25, 0.3) is 0 Å². The van der Waals surface area contributed by atoms with Crippen LogP contribution >= 0.6 is 0 Å². The molecule has 23 heavy (non-hydrogen) atoms. The van der Waals surface area contributed by atoms with Gasteiger partial charge in [-0.05, 0) is 30.0 Å². The second kappa shape index (κ2) is 6.12. The highest BCUT2D eigenvalue weighted by molar-refractivity contribution is 5.91. The van der Waals surface area contributed by atoms with Crippen molar-refractivity contribution in [3.8, 4) is 0 Å². The average molecular weight is 311 g/mol. The molecular weight excluding hydrogens is 294 g/mol. The van der Waals surface area contributed by atoms with E-state index in [1.54, 1.807) is 24.3 Å². The minimum Gasteiger partial charge on any atom is -0.481 e. The van der Waals surface area contributed by atoms with Crippen LogP contribution in [0.15, 0.2) is 54.6 Å². The third-order valence-corrected chi connectivity index (χ3v) is 4.05. The number of benzene rings is 2. The van der Waals surface area contributed by atoms with E-state index in [4.69, 9.17) is 4.74 Å². The number of amides is 1. The van der Waals surface area contributed by atoms with E-state index >= 15 is 0 Å². The summed E-state index contributed by atoms with van der Waals surface area (Å²) in [7, 11) is 0. The molecule has 0 atom stereocenters. The van der Waals surface area contributed by atoms with Crippen LogP contribution in [0.5, 0.6) is 0 Å². The number of para-hydroxylation sites is 1. The van der Waals surface area contributed by atoms with Gasteiger partial charge in [0.25, 0.3) is 0 Å². The number of anilines is 1. The summed E-state index contributed by atoms with van der Waals surface area (Å²) < 4.78 is 5.18. The van der Waals surface area contributed by atoms with E-state index in [2.05, 4.69) is 5.32 Å². The van der Waals surface area contributed by atoms with Crippen molar-refractivity contribution in [1.82, 2.24) is 0 Å². The van der Waals surface area contributed by atoms with Gasteiger partial charge in [-0.2, -0.15) is 0 Å². The van der Waals surface area contributed by atoms with Gasteiger partial charge in [-0.25, -0.2) is 4.79 Å². The van der Waals surface area contributed by atoms with Gasteiger partial charge in [0.05, 0.1) is 5.41 Å². The highest BCUT2D eigenvalue weighted by Crippen LogP contribution is 2.50. The van der Waals surface area contributed by atoms with Gasteiger partial charge in [-0.1, -0.05) is 48.5 Å². The monoisotopic (exact) mass is 311 g/mol. The zero-order valence-electron chi connectivity index (χ0n) is 12.5. The number of hydrogen-bond donors (Lipinski definition) is 2. The zero-order valence-corrected chi connectivity index (χ0v) is 12.5. The van der Waals surface area contributed by atoms with Crippen LogP contribution in [0.3, 0.4) is 0 Å². The van der Waals surface area contributed by atoms with Gasteiger partial charge >= 0.3 is 12.1 Å². The van der Waals surface area contributed by atoms with Gasteiger partial charge in [-0.15, -0.1) is 0 Å². The maximum absolute atomic E-state index is 12.0.